The first-order valence-electron chi connectivity index (χ1n) is 8.99. The lowest BCUT2D eigenvalue weighted by atomic mass is 9.80. The Hall–Kier alpha value is -1.90. The lowest BCUT2D eigenvalue weighted by molar-refractivity contribution is -0.148. The Balaban J connectivity index is 2.20. The lowest BCUT2D eigenvalue weighted by Crippen LogP contribution is -2.19. The predicted octanol–water partition coefficient (Wildman–Crippen LogP) is 4.85. The summed E-state index contributed by atoms with van der Waals surface area (Å²) >= 11 is 0. The molecule has 0 spiro atoms. The van der Waals surface area contributed by atoms with Crippen LogP contribution in [-0.4, -0.2) is 17.9 Å². The molecule has 2 rings (SSSR count). The van der Waals surface area contributed by atoms with Gasteiger partial charge in [-0.25, -0.2) is 0 Å². The molecule has 0 amide bonds. The van der Waals surface area contributed by atoms with Crippen molar-refractivity contribution in [1.82, 2.24) is 0 Å². The molecule has 0 unspecified atom stereocenters. The Bertz CT molecular complexity index is 580. The van der Waals surface area contributed by atoms with Crippen molar-refractivity contribution >= 4 is 11.8 Å². The van der Waals surface area contributed by atoms with Gasteiger partial charge >= 0.3 is 5.97 Å². The summed E-state index contributed by atoms with van der Waals surface area (Å²) in [6.45, 7) is 4.18. The molecule has 3 nitrogen and oxygen atoms in total. The van der Waals surface area contributed by atoms with Gasteiger partial charge in [0.05, 0.1) is 0 Å². The van der Waals surface area contributed by atoms with E-state index in [0.29, 0.717) is 19.3 Å². The fourth-order valence-corrected chi connectivity index (χ4v) is 3.14. The molecule has 2 atom stereocenters. The molecule has 0 N–H and O–H groups in total. The molecule has 24 heavy (non-hydrogen) atoms. The molecule has 2 aliphatic rings. The van der Waals surface area contributed by atoms with E-state index in [1.165, 1.54) is 0 Å². The van der Waals surface area contributed by atoms with E-state index in [1.807, 2.05) is 12.2 Å². The summed E-state index contributed by atoms with van der Waals surface area (Å²) in [5.41, 5.74) is 0.585. The molecule has 130 valence electrons. The Labute approximate surface area is 145 Å². The maximum absolute atomic E-state index is 12.2. The first-order chi connectivity index (χ1) is 11.5. The molecule has 1 aliphatic carbocycles. The van der Waals surface area contributed by atoms with Crippen molar-refractivity contribution in [1.29, 1.82) is 0 Å². The van der Waals surface area contributed by atoms with Gasteiger partial charge in [-0.2, -0.15) is 0 Å². The van der Waals surface area contributed by atoms with Crippen LogP contribution in [0.1, 0.15) is 58.8 Å². The van der Waals surface area contributed by atoms with E-state index >= 15 is 0 Å². The van der Waals surface area contributed by atoms with Gasteiger partial charge in [0.2, 0.25) is 0 Å². The third kappa shape index (κ3) is 5.05. The van der Waals surface area contributed by atoms with Gasteiger partial charge in [0, 0.05) is 30.3 Å². The monoisotopic (exact) mass is 328 g/mol. The highest BCUT2D eigenvalue weighted by Crippen LogP contribution is 2.39. The average molecular weight is 328 g/mol. The molecule has 0 radical (unpaired) electrons. The molecule has 0 fully saturated rings. The SMILES string of the molecule is CC/C=C\C[C@H]1C/C=C2/C(=O)C=C[C@]2(C)C/C=C\CCCC(=O)O1. The fourth-order valence-electron chi connectivity index (χ4n) is 3.14. The number of carbonyl (C=O) groups is 2. The largest absolute Gasteiger partial charge is 0.462 e. The van der Waals surface area contributed by atoms with Crippen LogP contribution in [0.5, 0.6) is 0 Å². The Morgan fingerprint density at radius 2 is 2.12 bits per heavy atom. The van der Waals surface area contributed by atoms with E-state index in [2.05, 4.69) is 38.2 Å². The van der Waals surface area contributed by atoms with E-state index < -0.39 is 0 Å². The maximum atomic E-state index is 12.2. The summed E-state index contributed by atoms with van der Waals surface area (Å²) in [6.07, 6.45) is 19.0. The topological polar surface area (TPSA) is 43.4 Å². The highest BCUT2D eigenvalue weighted by molar-refractivity contribution is 6.08. The molecule has 3 heteroatoms. The zero-order chi connectivity index (χ0) is 17.4. The zero-order valence-electron chi connectivity index (χ0n) is 14.8. The molecule has 0 bridgehead atoms. The van der Waals surface area contributed by atoms with Crippen LogP contribution < -0.4 is 0 Å². The number of allylic oxidation sites excluding steroid dienone is 6. The van der Waals surface area contributed by atoms with Gasteiger partial charge in [-0.05, 0) is 31.8 Å². The van der Waals surface area contributed by atoms with Crippen molar-refractivity contribution in [2.75, 3.05) is 0 Å². The first kappa shape index (κ1) is 18.4. The van der Waals surface area contributed by atoms with E-state index in [4.69, 9.17) is 4.74 Å². The van der Waals surface area contributed by atoms with Crippen LogP contribution in [0.3, 0.4) is 0 Å². The minimum absolute atomic E-state index is 0.0787. The van der Waals surface area contributed by atoms with Crippen LogP contribution in [0.2, 0.25) is 0 Å². The molecule has 0 aromatic heterocycles. The van der Waals surface area contributed by atoms with Crippen molar-refractivity contribution in [2.24, 2.45) is 5.41 Å². The van der Waals surface area contributed by atoms with Crippen molar-refractivity contribution in [3.05, 3.63) is 48.1 Å². The second kappa shape index (κ2) is 8.81. The van der Waals surface area contributed by atoms with Crippen LogP contribution in [0, 0.1) is 5.41 Å². The summed E-state index contributed by atoms with van der Waals surface area (Å²) in [5.74, 6) is -0.0653. The Kier molecular flexibility index (Phi) is 6.77. The Morgan fingerprint density at radius 1 is 1.29 bits per heavy atom. The number of ether oxygens (including phenoxy) is 1. The second-order valence-corrected chi connectivity index (χ2v) is 6.76. The summed E-state index contributed by atoms with van der Waals surface area (Å²) in [5, 5.41) is 0. The van der Waals surface area contributed by atoms with Crippen molar-refractivity contribution in [3.8, 4) is 0 Å². The summed E-state index contributed by atoms with van der Waals surface area (Å²) in [4.78, 5) is 24.2. The van der Waals surface area contributed by atoms with Crippen LogP contribution >= 0.6 is 0 Å². The van der Waals surface area contributed by atoms with Gasteiger partial charge in [-0.15, -0.1) is 0 Å². The van der Waals surface area contributed by atoms with E-state index in [-0.39, 0.29) is 23.3 Å². The van der Waals surface area contributed by atoms with Crippen molar-refractivity contribution in [3.63, 3.8) is 0 Å². The number of cyclic esters (lactones) is 1. The van der Waals surface area contributed by atoms with Gasteiger partial charge in [0.1, 0.15) is 6.10 Å². The minimum atomic E-state index is -0.241. The highest BCUT2D eigenvalue weighted by atomic mass is 16.5. The number of fused-ring (bicyclic) bond motifs is 1. The smallest absolute Gasteiger partial charge is 0.306 e. The second-order valence-electron chi connectivity index (χ2n) is 6.76. The first-order valence-corrected chi connectivity index (χ1v) is 8.99. The van der Waals surface area contributed by atoms with Crippen molar-refractivity contribution in [2.45, 2.75) is 64.9 Å². The van der Waals surface area contributed by atoms with Crippen molar-refractivity contribution < 1.29 is 14.3 Å². The van der Waals surface area contributed by atoms with E-state index in [9.17, 15) is 9.59 Å². The molecular formula is C21H28O3. The average Bonchev–Trinajstić information content (AvgIpc) is 2.83. The molecule has 0 saturated heterocycles. The van der Waals surface area contributed by atoms with Gasteiger partial charge in [-0.1, -0.05) is 50.3 Å². The van der Waals surface area contributed by atoms with Gasteiger partial charge in [-0.3, -0.25) is 9.59 Å². The van der Waals surface area contributed by atoms with E-state index in [0.717, 1.165) is 31.3 Å². The normalized spacial score (nSPS) is 32.2. The summed E-state index contributed by atoms with van der Waals surface area (Å²) in [7, 11) is 0. The standard InChI is InChI=1S/C21H28O3/c1-3-4-7-10-17-12-13-18-19(22)14-16-21(18,2)15-9-6-5-8-11-20(23)24-17/h4,6-7,9,13-14,16-17H,3,5,8,10-12,15H2,1-2H3/b7-4-,9-6-,18-13-/t17-,21-/m0/s1. The maximum Gasteiger partial charge on any atom is 0.306 e. The van der Waals surface area contributed by atoms with Gasteiger partial charge < -0.3 is 4.74 Å². The summed E-state index contributed by atoms with van der Waals surface area (Å²) in [6, 6.07) is 0. The third-order valence-corrected chi connectivity index (χ3v) is 4.63. The highest BCUT2D eigenvalue weighted by Gasteiger charge is 2.33. The predicted molar refractivity (Wildman–Crippen MR) is 96.5 cm³/mol. The lowest BCUT2D eigenvalue weighted by Gasteiger charge is -2.23. The number of ketones is 1. The number of hydrogen-bond donors (Lipinski definition) is 0. The quantitative estimate of drug-likeness (QED) is 0.549. The Morgan fingerprint density at radius 3 is 2.92 bits per heavy atom. The van der Waals surface area contributed by atoms with Crippen LogP contribution in [0.4, 0.5) is 0 Å². The van der Waals surface area contributed by atoms with Crippen LogP contribution in [0.25, 0.3) is 0 Å². The van der Waals surface area contributed by atoms with Gasteiger partial charge in [0.25, 0.3) is 0 Å². The van der Waals surface area contributed by atoms with Gasteiger partial charge in [0.15, 0.2) is 5.78 Å². The number of rotatable bonds is 3. The number of carbonyl (C=O) groups excluding carboxylic acids is 2. The zero-order valence-corrected chi connectivity index (χ0v) is 14.8. The number of esters is 1. The molecule has 0 aromatic rings. The van der Waals surface area contributed by atoms with Crippen LogP contribution in [0.15, 0.2) is 48.1 Å². The molecular weight excluding hydrogens is 300 g/mol. The number of hydrogen-bond acceptors (Lipinski definition) is 3. The summed E-state index contributed by atoms with van der Waals surface area (Å²) < 4.78 is 5.64. The minimum Gasteiger partial charge on any atom is -0.462 e. The van der Waals surface area contributed by atoms with E-state index in [1.54, 1.807) is 6.08 Å². The molecule has 1 heterocycles. The molecule has 0 saturated carbocycles. The third-order valence-electron chi connectivity index (χ3n) is 4.63. The molecule has 0 aromatic carbocycles. The fraction of sp³-hybridized carbons (Fsp3) is 0.524. The molecule has 1 aliphatic heterocycles. The van der Waals surface area contributed by atoms with Crippen LogP contribution in [-0.2, 0) is 14.3 Å².